The standard InChI is InChI=1S/C24H23N3OS2/c1-16-5-10-19(25-15-16)18-8-6-17(7-9-18)13-20(28)21-14-22-23(29-21)26-24(30-22)27-11-3-2-4-12-27/h5-10,14-15H,2-4,11-13H2,1H3. The number of thiophene rings is 1. The average Bonchev–Trinajstić information content (AvgIpc) is 3.35. The first kappa shape index (κ1) is 19.4. The zero-order valence-electron chi connectivity index (χ0n) is 16.9. The number of pyridine rings is 1. The Labute approximate surface area is 184 Å². The molecule has 0 amide bonds. The molecular weight excluding hydrogens is 410 g/mol. The fourth-order valence-corrected chi connectivity index (χ4v) is 5.99. The van der Waals surface area contributed by atoms with E-state index in [-0.39, 0.29) is 5.78 Å². The Morgan fingerprint density at radius 3 is 2.53 bits per heavy atom. The molecular formula is C24H23N3OS2. The number of benzene rings is 1. The predicted octanol–water partition coefficient (Wildman–Crippen LogP) is 6.14. The SMILES string of the molecule is Cc1ccc(-c2ccc(CC(=O)c3cc4sc(N5CCCCC5)nc4s3)cc2)nc1. The van der Waals surface area contributed by atoms with Crippen LogP contribution < -0.4 is 4.90 Å². The van der Waals surface area contributed by atoms with Gasteiger partial charge in [0.2, 0.25) is 0 Å². The van der Waals surface area contributed by atoms with Crippen molar-refractivity contribution in [3.63, 3.8) is 0 Å². The van der Waals surface area contributed by atoms with Gasteiger partial charge in [0.15, 0.2) is 10.9 Å². The summed E-state index contributed by atoms with van der Waals surface area (Å²) in [5.41, 5.74) is 4.19. The first-order chi connectivity index (χ1) is 14.7. The van der Waals surface area contributed by atoms with E-state index in [1.165, 1.54) is 30.6 Å². The van der Waals surface area contributed by atoms with Crippen molar-refractivity contribution in [1.29, 1.82) is 0 Å². The molecule has 5 rings (SSSR count). The van der Waals surface area contributed by atoms with E-state index < -0.39 is 0 Å². The van der Waals surface area contributed by atoms with Gasteiger partial charge in [-0.1, -0.05) is 41.7 Å². The molecule has 1 aliphatic heterocycles. The monoisotopic (exact) mass is 433 g/mol. The van der Waals surface area contributed by atoms with E-state index in [0.29, 0.717) is 6.42 Å². The largest absolute Gasteiger partial charge is 0.348 e. The first-order valence-electron chi connectivity index (χ1n) is 10.4. The lowest BCUT2D eigenvalue weighted by atomic mass is 10.0. The molecule has 0 bridgehead atoms. The minimum atomic E-state index is 0.158. The van der Waals surface area contributed by atoms with Crippen LogP contribution in [0.2, 0.25) is 0 Å². The van der Waals surface area contributed by atoms with Gasteiger partial charge in [0, 0.05) is 31.3 Å². The number of nitrogens with zero attached hydrogens (tertiary/aromatic N) is 3. The van der Waals surface area contributed by atoms with E-state index >= 15 is 0 Å². The van der Waals surface area contributed by atoms with Crippen molar-refractivity contribution in [3.8, 4) is 11.3 Å². The second kappa shape index (κ2) is 8.28. The highest BCUT2D eigenvalue weighted by molar-refractivity contribution is 7.29. The maximum absolute atomic E-state index is 12.8. The fraction of sp³-hybridized carbons (Fsp3) is 0.292. The predicted molar refractivity (Wildman–Crippen MR) is 126 cm³/mol. The molecule has 0 atom stereocenters. The Morgan fingerprint density at radius 2 is 1.83 bits per heavy atom. The summed E-state index contributed by atoms with van der Waals surface area (Å²) in [6, 6.07) is 14.2. The number of Topliss-reactive ketones (excluding diaryl/α,β-unsaturated/α-hetero) is 1. The third kappa shape index (κ3) is 4.02. The van der Waals surface area contributed by atoms with E-state index in [2.05, 4.69) is 16.0 Å². The Bertz CT molecular complexity index is 1140. The highest BCUT2D eigenvalue weighted by Crippen LogP contribution is 2.36. The second-order valence-corrected chi connectivity index (χ2v) is 9.88. The van der Waals surface area contributed by atoms with Crippen molar-refractivity contribution < 1.29 is 4.79 Å². The van der Waals surface area contributed by atoms with Gasteiger partial charge in [0.1, 0.15) is 4.83 Å². The molecule has 4 heterocycles. The summed E-state index contributed by atoms with van der Waals surface area (Å²) in [7, 11) is 0. The van der Waals surface area contributed by atoms with Crippen LogP contribution in [0.5, 0.6) is 0 Å². The molecule has 3 aromatic heterocycles. The van der Waals surface area contributed by atoms with E-state index in [4.69, 9.17) is 4.98 Å². The molecule has 6 heteroatoms. The zero-order chi connectivity index (χ0) is 20.5. The second-order valence-electron chi connectivity index (χ2n) is 7.84. The molecule has 4 nitrogen and oxygen atoms in total. The summed E-state index contributed by atoms with van der Waals surface area (Å²) in [5.74, 6) is 0.158. The van der Waals surface area contributed by atoms with Crippen molar-refractivity contribution in [3.05, 3.63) is 64.7 Å². The van der Waals surface area contributed by atoms with Gasteiger partial charge in [0.05, 0.1) is 15.3 Å². The third-order valence-corrected chi connectivity index (χ3v) is 7.77. The number of aromatic nitrogens is 2. The molecule has 0 unspecified atom stereocenters. The van der Waals surface area contributed by atoms with Crippen LogP contribution in [0.15, 0.2) is 48.7 Å². The van der Waals surface area contributed by atoms with Gasteiger partial charge < -0.3 is 4.90 Å². The van der Waals surface area contributed by atoms with Crippen molar-refractivity contribution >= 4 is 43.1 Å². The Morgan fingerprint density at radius 1 is 1.03 bits per heavy atom. The number of hydrogen-bond donors (Lipinski definition) is 0. The molecule has 152 valence electrons. The van der Waals surface area contributed by atoms with Gasteiger partial charge in [0.25, 0.3) is 0 Å². The summed E-state index contributed by atoms with van der Waals surface area (Å²) in [6.07, 6.45) is 6.09. The minimum Gasteiger partial charge on any atom is -0.348 e. The van der Waals surface area contributed by atoms with Crippen LogP contribution in [0.4, 0.5) is 5.13 Å². The van der Waals surface area contributed by atoms with Crippen molar-refractivity contribution in [1.82, 2.24) is 9.97 Å². The van der Waals surface area contributed by atoms with E-state index in [1.807, 2.05) is 49.5 Å². The first-order valence-corrected chi connectivity index (χ1v) is 12.0. The summed E-state index contributed by atoms with van der Waals surface area (Å²) in [4.78, 5) is 26.3. The molecule has 0 saturated carbocycles. The maximum Gasteiger partial charge on any atom is 0.187 e. The number of carbonyl (C=O) groups excluding carboxylic acids is 1. The summed E-state index contributed by atoms with van der Waals surface area (Å²) in [6.45, 7) is 4.23. The molecule has 30 heavy (non-hydrogen) atoms. The average molecular weight is 434 g/mol. The Kier molecular flexibility index (Phi) is 5.35. The van der Waals surface area contributed by atoms with E-state index in [9.17, 15) is 4.79 Å². The summed E-state index contributed by atoms with van der Waals surface area (Å²) < 4.78 is 1.13. The number of aryl methyl sites for hydroxylation is 1. The normalized spacial score (nSPS) is 14.4. The van der Waals surface area contributed by atoms with Crippen molar-refractivity contribution in [2.24, 2.45) is 0 Å². The number of rotatable bonds is 5. The number of anilines is 1. The van der Waals surface area contributed by atoms with Gasteiger partial charge in [-0.2, -0.15) is 0 Å². The topological polar surface area (TPSA) is 46.1 Å². The smallest absolute Gasteiger partial charge is 0.187 e. The number of fused-ring (bicyclic) bond motifs is 1. The molecule has 0 N–H and O–H groups in total. The third-order valence-electron chi connectivity index (χ3n) is 5.51. The Hall–Kier alpha value is -2.57. The zero-order valence-corrected chi connectivity index (χ0v) is 18.6. The number of thiazole rings is 1. The number of hydrogen-bond acceptors (Lipinski definition) is 6. The van der Waals surface area contributed by atoms with Crippen LogP contribution in [0.25, 0.3) is 20.8 Å². The van der Waals surface area contributed by atoms with Crippen molar-refractivity contribution in [2.75, 3.05) is 18.0 Å². The number of carbonyl (C=O) groups is 1. The highest BCUT2D eigenvalue weighted by Gasteiger charge is 2.18. The number of piperidine rings is 1. The summed E-state index contributed by atoms with van der Waals surface area (Å²) >= 11 is 3.24. The van der Waals surface area contributed by atoms with Crippen LogP contribution in [0.3, 0.4) is 0 Å². The molecule has 0 radical (unpaired) electrons. The minimum absolute atomic E-state index is 0.158. The van der Waals surface area contributed by atoms with Crippen LogP contribution in [-0.4, -0.2) is 28.8 Å². The van der Waals surface area contributed by atoms with Gasteiger partial charge in [-0.3, -0.25) is 9.78 Å². The van der Waals surface area contributed by atoms with Crippen LogP contribution in [0.1, 0.15) is 40.1 Å². The molecule has 0 aliphatic carbocycles. The van der Waals surface area contributed by atoms with Crippen LogP contribution in [0, 0.1) is 6.92 Å². The summed E-state index contributed by atoms with van der Waals surface area (Å²) in [5, 5.41) is 1.11. The maximum atomic E-state index is 12.8. The number of ketones is 1. The lowest BCUT2D eigenvalue weighted by Crippen LogP contribution is -2.29. The molecule has 1 saturated heterocycles. The highest BCUT2D eigenvalue weighted by atomic mass is 32.1. The van der Waals surface area contributed by atoms with Gasteiger partial charge >= 0.3 is 0 Å². The molecule has 1 aliphatic rings. The van der Waals surface area contributed by atoms with Gasteiger partial charge in [-0.05, 0) is 49.4 Å². The lowest BCUT2D eigenvalue weighted by molar-refractivity contribution is 0.0997. The van der Waals surface area contributed by atoms with E-state index in [0.717, 1.165) is 55.0 Å². The van der Waals surface area contributed by atoms with E-state index in [1.54, 1.807) is 11.3 Å². The Balaban J connectivity index is 1.28. The van der Waals surface area contributed by atoms with Gasteiger partial charge in [-0.25, -0.2) is 4.98 Å². The molecule has 0 spiro atoms. The van der Waals surface area contributed by atoms with Crippen LogP contribution in [-0.2, 0) is 6.42 Å². The molecule has 1 aromatic carbocycles. The quantitative estimate of drug-likeness (QED) is 0.355. The lowest BCUT2D eigenvalue weighted by Gasteiger charge is -2.25. The van der Waals surface area contributed by atoms with Crippen LogP contribution >= 0.6 is 22.7 Å². The molecule has 1 fully saturated rings. The molecule has 4 aromatic rings. The van der Waals surface area contributed by atoms with Crippen molar-refractivity contribution in [2.45, 2.75) is 32.6 Å². The fourth-order valence-electron chi connectivity index (χ4n) is 3.79. The van der Waals surface area contributed by atoms with Gasteiger partial charge in [-0.15, -0.1) is 11.3 Å².